The average molecular weight is 1010 g/mol. The molecule has 0 amide bonds. The number of aromatic nitrogens is 2. The van der Waals surface area contributed by atoms with Crippen LogP contribution in [0, 0.1) is 0 Å². The SMILES string of the molecule is CC(C)(C)c1cc2c3c(c1)c1cc(C(C)(C)C)cc4c1n3-c1c(ccc3c1B2c1cccc2c(-c5ccc6c(c5)C(C)(C)CCC6(C)C)c(-c5ccc6c(c5)C(C)(C)CCC6(C)C)n-3c12)C41c2ccccc2-c2ccccc21. The molecule has 386 valence electrons. The van der Waals surface area contributed by atoms with Crippen LogP contribution in [0.4, 0.5) is 0 Å². The summed E-state index contributed by atoms with van der Waals surface area (Å²) in [7, 11) is 0. The van der Waals surface area contributed by atoms with E-state index in [1.165, 1.54) is 175 Å². The monoisotopic (exact) mass is 1010 g/mol. The van der Waals surface area contributed by atoms with Crippen LogP contribution in [-0.4, -0.2) is 15.8 Å². The Labute approximate surface area is 463 Å². The Morgan fingerprint density at radius 2 is 0.910 bits per heavy atom. The van der Waals surface area contributed by atoms with Gasteiger partial charge in [-0.2, -0.15) is 0 Å². The summed E-state index contributed by atoms with van der Waals surface area (Å²) >= 11 is 0. The van der Waals surface area contributed by atoms with Gasteiger partial charge in [0, 0.05) is 44.1 Å². The van der Waals surface area contributed by atoms with E-state index in [1.807, 2.05) is 0 Å². The van der Waals surface area contributed by atoms with Crippen molar-refractivity contribution >= 4 is 55.8 Å². The third kappa shape index (κ3) is 5.67. The van der Waals surface area contributed by atoms with Crippen molar-refractivity contribution in [3.05, 3.63) is 195 Å². The molecule has 3 heteroatoms. The molecule has 6 aliphatic rings. The second kappa shape index (κ2) is 14.5. The Hall–Kier alpha value is -6.84. The van der Waals surface area contributed by atoms with Gasteiger partial charge in [-0.05, 0) is 177 Å². The van der Waals surface area contributed by atoms with Crippen LogP contribution < -0.4 is 16.4 Å². The van der Waals surface area contributed by atoms with Gasteiger partial charge in [-0.15, -0.1) is 0 Å². The molecule has 2 nitrogen and oxygen atoms in total. The molecule has 3 aliphatic heterocycles. The summed E-state index contributed by atoms with van der Waals surface area (Å²) in [5.41, 5.74) is 33.1. The van der Waals surface area contributed by atoms with Crippen LogP contribution in [-0.2, 0) is 37.9 Å². The molecule has 0 atom stereocenters. The molecule has 10 aromatic rings. The summed E-state index contributed by atoms with van der Waals surface area (Å²) < 4.78 is 5.60. The number of fused-ring (bicyclic) bond motifs is 13. The van der Waals surface area contributed by atoms with Gasteiger partial charge in [0.1, 0.15) is 0 Å². The van der Waals surface area contributed by atoms with Crippen molar-refractivity contribution in [2.24, 2.45) is 0 Å². The Morgan fingerprint density at radius 3 is 1.51 bits per heavy atom. The molecule has 0 saturated heterocycles. The Kier molecular flexibility index (Phi) is 8.77. The van der Waals surface area contributed by atoms with Gasteiger partial charge >= 0.3 is 0 Å². The highest BCUT2D eigenvalue weighted by molar-refractivity contribution is 7.00. The van der Waals surface area contributed by atoms with Crippen molar-refractivity contribution in [3.63, 3.8) is 0 Å². The van der Waals surface area contributed by atoms with Crippen molar-refractivity contribution in [1.29, 1.82) is 0 Å². The summed E-state index contributed by atoms with van der Waals surface area (Å²) in [6, 6.07) is 57.2. The van der Waals surface area contributed by atoms with Gasteiger partial charge in [-0.3, -0.25) is 0 Å². The molecule has 0 N–H and O–H groups in total. The summed E-state index contributed by atoms with van der Waals surface area (Å²) in [5, 5.41) is 4.10. The molecule has 0 radical (unpaired) electrons. The first-order valence-electron chi connectivity index (χ1n) is 29.5. The van der Waals surface area contributed by atoms with Crippen molar-refractivity contribution in [2.75, 3.05) is 0 Å². The first kappa shape index (κ1) is 47.2. The van der Waals surface area contributed by atoms with Crippen LogP contribution >= 0.6 is 0 Å². The minimum absolute atomic E-state index is 0.00229. The lowest BCUT2D eigenvalue weighted by Crippen LogP contribution is -2.60. The quantitative estimate of drug-likeness (QED) is 0.153. The number of benzene rings is 8. The first-order chi connectivity index (χ1) is 36.9. The van der Waals surface area contributed by atoms with Crippen molar-refractivity contribution < 1.29 is 0 Å². The maximum absolute atomic E-state index is 2.81. The third-order valence-electron chi connectivity index (χ3n) is 21.3. The number of hydrogen-bond donors (Lipinski definition) is 0. The predicted octanol–water partition coefficient (Wildman–Crippen LogP) is 17.2. The summed E-state index contributed by atoms with van der Waals surface area (Å²) in [6.45, 7) is 34.3. The summed E-state index contributed by atoms with van der Waals surface area (Å²) in [6.07, 6.45) is 4.74. The summed E-state index contributed by atoms with van der Waals surface area (Å²) in [5.74, 6) is 0. The van der Waals surface area contributed by atoms with E-state index in [9.17, 15) is 0 Å². The zero-order chi connectivity index (χ0) is 53.9. The molecule has 0 bridgehead atoms. The zero-order valence-electron chi connectivity index (χ0n) is 48.6. The third-order valence-corrected chi connectivity index (χ3v) is 21.3. The molecule has 0 unspecified atom stereocenters. The molecule has 3 aliphatic carbocycles. The van der Waals surface area contributed by atoms with Gasteiger partial charge < -0.3 is 9.13 Å². The Bertz CT molecular complexity index is 4360. The number of nitrogens with zero attached hydrogens (tertiary/aromatic N) is 2. The van der Waals surface area contributed by atoms with Gasteiger partial charge in [0.05, 0.1) is 16.6 Å². The van der Waals surface area contributed by atoms with E-state index in [0.29, 0.717) is 0 Å². The molecule has 1 spiro atoms. The summed E-state index contributed by atoms with van der Waals surface area (Å²) in [4.78, 5) is 0. The van der Waals surface area contributed by atoms with E-state index >= 15 is 0 Å². The van der Waals surface area contributed by atoms with Gasteiger partial charge in [0.2, 0.25) is 0 Å². The second-order valence-electron chi connectivity index (χ2n) is 29.7. The van der Waals surface area contributed by atoms with Crippen LogP contribution in [0.25, 0.3) is 77.6 Å². The largest absolute Gasteiger partial charge is 0.310 e. The van der Waals surface area contributed by atoms with E-state index in [4.69, 9.17) is 0 Å². The molecular weight excluding hydrogens is 940 g/mol. The molecule has 0 fully saturated rings. The smallest absolute Gasteiger partial charge is 0.252 e. The lowest BCUT2D eigenvalue weighted by atomic mass is 9.33. The molecule has 16 rings (SSSR count). The van der Waals surface area contributed by atoms with Gasteiger partial charge in [-0.1, -0.05) is 212 Å². The Morgan fingerprint density at radius 1 is 0.397 bits per heavy atom. The first-order valence-corrected chi connectivity index (χ1v) is 29.5. The van der Waals surface area contributed by atoms with Crippen LogP contribution in [0.2, 0.25) is 0 Å². The molecule has 5 heterocycles. The predicted molar refractivity (Wildman–Crippen MR) is 332 cm³/mol. The van der Waals surface area contributed by atoms with Gasteiger partial charge in [0.15, 0.2) is 0 Å². The number of rotatable bonds is 2. The van der Waals surface area contributed by atoms with Crippen LogP contribution in [0.15, 0.2) is 140 Å². The van der Waals surface area contributed by atoms with Crippen LogP contribution in [0.5, 0.6) is 0 Å². The van der Waals surface area contributed by atoms with Crippen LogP contribution in [0.1, 0.15) is 178 Å². The molecular formula is C75H73BN2. The van der Waals surface area contributed by atoms with Crippen molar-refractivity contribution in [1.82, 2.24) is 9.13 Å². The fourth-order valence-electron chi connectivity index (χ4n) is 16.8. The minimum atomic E-state index is -0.548. The molecule has 8 aromatic carbocycles. The molecule has 2 aromatic heterocycles. The molecule has 0 saturated carbocycles. The zero-order valence-corrected chi connectivity index (χ0v) is 48.6. The highest BCUT2D eigenvalue weighted by Crippen LogP contribution is 2.63. The Balaban J connectivity index is 1.11. The standard InChI is InChI=1S/C75H73BN2/c1-69(2,3)44-38-49-50-39-45(70(4,5)6)41-60-67(50)78-65(49)58(40-44)75(51-23-17-15-20-46(51)47-21-16-18-24-52(47)75)55-30-31-61-63(68(55)78)76(60)59-25-19-22-48-62(42-26-28-53-56(36-42)73(11,12)34-32-71(53,7)8)64(77(61)66(48)59)43-27-29-54-57(37-43)74(13,14)35-33-72(54,9)10/h15-31,36-41H,32-35H2,1-14H3. The van der Waals surface area contributed by atoms with E-state index in [-0.39, 0.29) is 39.2 Å². The van der Waals surface area contributed by atoms with E-state index in [2.05, 4.69) is 246 Å². The highest BCUT2D eigenvalue weighted by atomic mass is 15.1. The lowest BCUT2D eigenvalue weighted by molar-refractivity contribution is 0.332. The number of hydrogen-bond acceptors (Lipinski definition) is 0. The highest BCUT2D eigenvalue weighted by Gasteiger charge is 2.55. The fraction of sp³-hybridized carbons (Fsp3) is 0.333. The van der Waals surface area contributed by atoms with Crippen LogP contribution in [0.3, 0.4) is 0 Å². The lowest BCUT2D eigenvalue weighted by Gasteiger charge is -2.44. The van der Waals surface area contributed by atoms with E-state index in [1.54, 1.807) is 0 Å². The fourth-order valence-corrected chi connectivity index (χ4v) is 16.8. The maximum Gasteiger partial charge on any atom is 0.252 e. The normalized spacial score (nSPS) is 18.7. The average Bonchev–Trinajstić information content (AvgIpc) is 3.94. The topological polar surface area (TPSA) is 9.86 Å². The van der Waals surface area contributed by atoms with Crippen molar-refractivity contribution in [3.8, 4) is 44.9 Å². The minimum Gasteiger partial charge on any atom is -0.310 e. The molecule has 78 heavy (non-hydrogen) atoms. The second-order valence-corrected chi connectivity index (χ2v) is 29.7. The van der Waals surface area contributed by atoms with Gasteiger partial charge in [-0.25, -0.2) is 0 Å². The van der Waals surface area contributed by atoms with E-state index < -0.39 is 5.41 Å². The van der Waals surface area contributed by atoms with E-state index in [0.717, 1.165) is 0 Å². The van der Waals surface area contributed by atoms with Gasteiger partial charge in [0.25, 0.3) is 6.71 Å². The van der Waals surface area contributed by atoms with Crippen molar-refractivity contribution in [2.45, 2.75) is 161 Å². The number of para-hydroxylation sites is 1. The maximum atomic E-state index is 2.81.